The fraction of sp³-hybridized carbons (Fsp3) is 0.0625. The molecule has 106 valence electrons. The van der Waals surface area contributed by atoms with Crippen LogP contribution in [0.1, 0.15) is 11.1 Å². The fourth-order valence-corrected chi connectivity index (χ4v) is 2.52. The summed E-state index contributed by atoms with van der Waals surface area (Å²) >= 11 is 11.9. The van der Waals surface area contributed by atoms with E-state index in [1.165, 1.54) is 0 Å². The second-order valence-electron chi connectivity index (χ2n) is 4.60. The van der Waals surface area contributed by atoms with E-state index in [0.717, 1.165) is 16.8 Å². The Balaban J connectivity index is 2.05. The zero-order chi connectivity index (χ0) is 15.0. The van der Waals surface area contributed by atoms with E-state index in [-0.39, 0.29) is 5.91 Å². The maximum atomic E-state index is 12.1. The Hall–Kier alpha value is -1.97. The Bertz CT molecular complexity index is 769. The van der Waals surface area contributed by atoms with Crippen LogP contribution in [0.5, 0.6) is 5.75 Å². The predicted molar refractivity (Wildman–Crippen MR) is 86.0 cm³/mol. The molecule has 3 nitrogen and oxygen atoms in total. The minimum atomic E-state index is -0.149. The van der Waals surface area contributed by atoms with Gasteiger partial charge in [-0.15, -0.1) is 0 Å². The molecule has 0 fully saturated rings. The first-order valence-corrected chi connectivity index (χ1v) is 7.00. The number of fused-ring (bicyclic) bond motifs is 1. The van der Waals surface area contributed by atoms with Crippen LogP contribution in [0.15, 0.2) is 36.4 Å². The van der Waals surface area contributed by atoms with E-state index in [1.54, 1.807) is 31.4 Å². The minimum absolute atomic E-state index is 0.149. The van der Waals surface area contributed by atoms with Crippen LogP contribution >= 0.6 is 23.2 Å². The van der Waals surface area contributed by atoms with Crippen molar-refractivity contribution in [1.29, 1.82) is 0 Å². The molecule has 0 saturated heterocycles. The van der Waals surface area contributed by atoms with Crippen LogP contribution in [0.2, 0.25) is 10.0 Å². The molecule has 0 radical (unpaired) electrons. The summed E-state index contributed by atoms with van der Waals surface area (Å²) in [4.78, 5) is 12.1. The lowest BCUT2D eigenvalue weighted by atomic mass is 10.0. The summed E-state index contributed by atoms with van der Waals surface area (Å²) in [6.07, 6.45) is 1.79. The molecule has 21 heavy (non-hydrogen) atoms. The molecule has 0 aromatic heterocycles. The van der Waals surface area contributed by atoms with Crippen molar-refractivity contribution >= 4 is 46.4 Å². The molecule has 3 rings (SSSR count). The van der Waals surface area contributed by atoms with Crippen LogP contribution in [0.3, 0.4) is 0 Å². The summed E-state index contributed by atoms with van der Waals surface area (Å²) in [5, 5.41) is 3.77. The molecule has 0 spiro atoms. The molecule has 0 saturated carbocycles. The lowest BCUT2D eigenvalue weighted by Gasteiger charge is -2.03. The van der Waals surface area contributed by atoms with Crippen molar-refractivity contribution in [2.75, 3.05) is 12.4 Å². The first kappa shape index (κ1) is 14.0. The van der Waals surface area contributed by atoms with E-state index >= 15 is 0 Å². The third-order valence-corrected chi connectivity index (χ3v) is 4.00. The van der Waals surface area contributed by atoms with Crippen LogP contribution in [0, 0.1) is 0 Å². The first-order valence-electron chi connectivity index (χ1n) is 6.25. The molecule has 2 aromatic carbocycles. The Labute approximate surface area is 132 Å². The van der Waals surface area contributed by atoms with Crippen LogP contribution in [0.4, 0.5) is 5.69 Å². The minimum Gasteiger partial charge on any atom is -0.497 e. The zero-order valence-corrected chi connectivity index (χ0v) is 12.6. The van der Waals surface area contributed by atoms with Gasteiger partial charge >= 0.3 is 0 Å². The third kappa shape index (κ3) is 2.62. The lowest BCUT2D eigenvalue weighted by molar-refractivity contribution is -0.110. The van der Waals surface area contributed by atoms with Crippen LogP contribution in [0.25, 0.3) is 11.6 Å². The highest BCUT2D eigenvalue weighted by atomic mass is 35.5. The van der Waals surface area contributed by atoms with Crippen molar-refractivity contribution in [3.8, 4) is 5.75 Å². The largest absolute Gasteiger partial charge is 0.497 e. The van der Waals surface area contributed by atoms with E-state index in [1.807, 2.05) is 18.2 Å². The van der Waals surface area contributed by atoms with Gasteiger partial charge in [0.15, 0.2) is 0 Å². The number of carbonyl (C=O) groups is 1. The molecule has 1 aliphatic heterocycles. The summed E-state index contributed by atoms with van der Waals surface area (Å²) in [6.45, 7) is 0. The monoisotopic (exact) mass is 319 g/mol. The Morgan fingerprint density at radius 3 is 2.62 bits per heavy atom. The fourth-order valence-electron chi connectivity index (χ4n) is 2.21. The van der Waals surface area contributed by atoms with E-state index < -0.39 is 0 Å². The molecule has 1 N–H and O–H groups in total. The van der Waals surface area contributed by atoms with Crippen molar-refractivity contribution in [2.45, 2.75) is 0 Å². The maximum absolute atomic E-state index is 12.1. The summed E-state index contributed by atoms with van der Waals surface area (Å²) in [6, 6.07) is 10.7. The first-order chi connectivity index (χ1) is 10.1. The number of carbonyl (C=O) groups excluding carboxylic acids is 1. The van der Waals surface area contributed by atoms with Gasteiger partial charge in [0.1, 0.15) is 5.75 Å². The number of benzene rings is 2. The van der Waals surface area contributed by atoms with Gasteiger partial charge in [0, 0.05) is 17.2 Å². The van der Waals surface area contributed by atoms with E-state index in [4.69, 9.17) is 27.9 Å². The van der Waals surface area contributed by atoms with Crippen molar-refractivity contribution in [2.24, 2.45) is 0 Å². The molecule has 0 bridgehead atoms. The summed E-state index contributed by atoms with van der Waals surface area (Å²) in [5.74, 6) is 0.550. The molecule has 5 heteroatoms. The van der Waals surface area contributed by atoms with Gasteiger partial charge in [-0.3, -0.25) is 4.79 Å². The number of nitrogens with one attached hydrogen (secondary N) is 1. The van der Waals surface area contributed by atoms with Gasteiger partial charge < -0.3 is 10.1 Å². The Morgan fingerprint density at radius 1 is 1.10 bits per heavy atom. The van der Waals surface area contributed by atoms with Crippen molar-refractivity contribution in [3.63, 3.8) is 0 Å². The predicted octanol–water partition coefficient (Wildman–Crippen LogP) is 4.49. The molecular weight excluding hydrogens is 309 g/mol. The third-order valence-electron chi connectivity index (χ3n) is 3.26. The van der Waals surface area contributed by atoms with Crippen molar-refractivity contribution in [1.82, 2.24) is 0 Å². The van der Waals surface area contributed by atoms with Crippen molar-refractivity contribution < 1.29 is 9.53 Å². The zero-order valence-electron chi connectivity index (χ0n) is 11.1. The van der Waals surface area contributed by atoms with Gasteiger partial charge in [-0.2, -0.15) is 0 Å². The molecule has 0 unspecified atom stereocenters. The lowest BCUT2D eigenvalue weighted by Crippen LogP contribution is -2.03. The SMILES string of the molecule is COc1ccc2c(c1)NC(=O)/C2=C\c1ccc(Cl)c(Cl)c1. The summed E-state index contributed by atoms with van der Waals surface area (Å²) in [7, 11) is 1.59. The number of hydrogen-bond acceptors (Lipinski definition) is 2. The second kappa shape index (κ2) is 5.43. The molecule has 2 aromatic rings. The van der Waals surface area contributed by atoms with Gasteiger partial charge in [-0.1, -0.05) is 29.3 Å². The van der Waals surface area contributed by atoms with Crippen LogP contribution in [-0.2, 0) is 4.79 Å². The smallest absolute Gasteiger partial charge is 0.256 e. The van der Waals surface area contributed by atoms with Gasteiger partial charge in [-0.25, -0.2) is 0 Å². The maximum Gasteiger partial charge on any atom is 0.256 e. The normalized spacial score (nSPS) is 15.0. The summed E-state index contributed by atoms with van der Waals surface area (Å²) < 4.78 is 5.15. The van der Waals surface area contributed by atoms with Gasteiger partial charge in [0.2, 0.25) is 0 Å². The van der Waals surface area contributed by atoms with Crippen LogP contribution in [-0.4, -0.2) is 13.0 Å². The van der Waals surface area contributed by atoms with E-state index in [0.29, 0.717) is 21.4 Å². The van der Waals surface area contributed by atoms with E-state index in [2.05, 4.69) is 5.32 Å². The standard InChI is InChI=1S/C16H11Cl2NO2/c1-21-10-3-4-11-12(16(20)19-15(11)8-10)6-9-2-5-13(17)14(18)7-9/h2-8H,1H3,(H,19,20)/b12-6-. The highest BCUT2D eigenvalue weighted by Gasteiger charge is 2.24. The molecule has 0 aliphatic carbocycles. The highest BCUT2D eigenvalue weighted by Crippen LogP contribution is 2.36. The summed E-state index contributed by atoms with van der Waals surface area (Å²) in [5.41, 5.74) is 2.99. The van der Waals surface area contributed by atoms with Crippen molar-refractivity contribution in [3.05, 3.63) is 57.6 Å². The highest BCUT2D eigenvalue weighted by molar-refractivity contribution is 6.42. The Kier molecular flexibility index (Phi) is 3.62. The van der Waals surface area contributed by atoms with Gasteiger partial charge in [0.05, 0.1) is 22.8 Å². The van der Waals surface area contributed by atoms with Gasteiger partial charge in [-0.05, 0) is 35.9 Å². The van der Waals surface area contributed by atoms with Crippen LogP contribution < -0.4 is 10.1 Å². The second-order valence-corrected chi connectivity index (χ2v) is 5.41. The number of amides is 1. The average molecular weight is 320 g/mol. The van der Waals surface area contributed by atoms with Gasteiger partial charge in [0.25, 0.3) is 5.91 Å². The number of anilines is 1. The molecule has 1 heterocycles. The molecule has 1 amide bonds. The number of hydrogen-bond donors (Lipinski definition) is 1. The Morgan fingerprint density at radius 2 is 1.90 bits per heavy atom. The number of ether oxygens (including phenoxy) is 1. The average Bonchev–Trinajstić information content (AvgIpc) is 2.78. The number of halogens is 2. The quantitative estimate of drug-likeness (QED) is 0.828. The van der Waals surface area contributed by atoms with E-state index in [9.17, 15) is 4.79 Å². The topological polar surface area (TPSA) is 38.3 Å². The number of rotatable bonds is 2. The number of methoxy groups -OCH3 is 1. The molecular formula is C16H11Cl2NO2. The molecule has 0 atom stereocenters. The molecule has 1 aliphatic rings.